The number of nitrogens with zero attached hydrogens (tertiary/aromatic N) is 1. The zero-order valence-corrected chi connectivity index (χ0v) is 7.86. The molecule has 0 fully saturated rings. The van der Waals surface area contributed by atoms with E-state index in [0.717, 1.165) is 5.69 Å². The van der Waals surface area contributed by atoms with Gasteiger partial charge in [-0.25, -0.2) is 4.98 Å². The van der Waals surface area contributed by atoms with Crippen molar-refractivity contribution in [1.82, 2.24) is 9.97 Å². The van der Waals surface area contributed by atoms with Crippen LogP contribution in [0.1, 0.15) is 19.5 Å². The van der Waals surface area contributed by atoms with Gasteiger partial charge in [-0.15, -0.1) is 0 Å². The van der Waals surface area contributed by atoms with Crippen molar-refractivity contribution in [3.8, 4) is 0 Å². The summed E-state index contributed by atoms with van der Waals surface area (Å²) >= 11 is 0. The maximum absolute atomic E-state index is 10.2. The SMILES string of the molecule is CC(C)C(Cc1cnc[nH]1)OC=O. The van der Waals surface area contributed by atoms with Crippen molar-refractivity contribution in [2.24, 2.45) is 5.92 Å². The van der Waals surface area contributed by atoms with Gasteiger partial charge < -0.3 is 9.72 Å². The van der Waals surface area contributed by atoms with Crippen LogP contribution in [0.15, 0.2) is 12.5 Å². The van der Waals surface area contributed by atoms with E-state index in [1.807, 2.05) is 13.8 Å². The highest BCUT2D eigenvalue weighted by atomic mass is 16.5. The highest BCUT2D eigenvalue weighted by molar-refractivity contribution is 5.37. The third-order valence-corrected chi connectivity index (χ3v) is 1.95. The number of hydrogen-bond acceptors (Lipinski definition) is 3. The first-order valence-electron chi connectivity index (χ1n) is 4.30. The van der Waals surface area contributed by atoms with Crippen molar-refractivity contribution >= 4 is 6.47 Å². The number of ether oxygens (including phenoxy) is 1. The van der Waals surface area contributed by atoms with Crippen LogP contribution < -0.4 is 0 Å². The van der Waals surface area contributed by atoms with Crippen LogP contribution >= 0.6 is 0 Å². The lowest BCUT2D eigenvalue weighted by Crippen LogP contribution is -2.22. The van der Waals surface area contributed by atoms with E-state index >= 15 is 0 Å². The molecule has 1 N–H and O–H groups in total. The Balaban J connectivity index is 2.52. The second-order valence-electron chi connectivity index (χ2n) is 3.30. The van der Waals surface area contributed by atoms with Crippen LogP contribution in [0.2, 0.25) is 0 Å². The molecular weight excluding hydrogens is 168 g/mol. The first-order chi connectivity index (χ1) is 6.24. The molecule has 4 heteroatoms. The van der Waals surface area contributed by atoms with Gasteiger partial charge in [-0.2, -0.15) is 0 Å². The third kappa shape index (κ3) is 2.89. The van der Waals surface area contributed by atoms with E-state index in [1.165, 1.54) is 0 Å². The van der Waals surface area contributed by atoms with Gasteiger partial charge in [0.2, 0.25) is 0 Å². The number of carbonyl (C=O) groups excluding carboxylic acids is 1. The number of H-pyrrole nitrogens is 1. The maximum atomic E-state index is 10.2. The summed E-state index contributed by atoms with van der Waals surface area (Å²) in [6.45, 7) is 4.54. The van der Waals surface area contributed by atoms with Gasteiger partial charge in [0.1, 0.15) is 6.10 Å². The molecule has 1 unspecified atom stereocenters. The molecule has 0 spiro atoms. The average molecular weight is 182 g/mol. The minimum Gasteiger partial charge on any atom is -0.464 e. The Morgan fingerprint density at radius 3 is 2.92 bits per heavy atom. The second-order valence-corrected chi connectivity index (χ2v) is 3.30. The van der Waals surface area contributed by atoms with Crippen molar-refractivity contribution in [3.63, 3.8) is 0 Å². The quantitative estimate of drug-likeness (QED) is 0.695. The largest absolute Gasteiger partial charge is 0.464 e. The number of aromatic nitrogens is 2. The highest BCUT2D eigenvalue weighted by Crippen LogP contribution is 2.10. The van der Waals surface area contributed by atoms with E-state index in [4.69, 9.17) is 4.74 Å². The molecule has 0 saturated carbocycles. The van der Waals surface area contributed by atoms with E-state index in [1.54, 1.807) is 12.5 Å². The van der Waals surface area contributed by atoms with Crippen molar-refractivity contribution < 1.29 is 9.53 Å². The van der Waals surface area contributed by atoms with Gasteiger partial charge in [0.25, 0.3) is 6.47 Å². The minimum absolute atomic E-state index is 0.0713. The van der Waals surface area contributed by atoms with E-state index in [0.29, 0.717) is 18.8 Å². The summed E-state index contributed by atoms with van der Waals surface area (Å²) in [6.07, 6.45) is 3.98. The van der Waals surface area contributed by atoms with Crippen molar-refractivity contribution in [2.75, 3.05) is 0 Å². The van der Waals surface area contributed by atoms with Crippen LogP contribution in [0.25, 0.3) is 0 Å². The lowest BCUT2D eigenvalue weighted by Gasteiger charge is -2.17. The number of nitrogens with one attached hydrogen (secondary N) is 1. The van der Waals surface area contributed by atoms with Gasteiger partial charge in [0.05, 0.1) is 6.33 Å². The molecule has 0 bridgehead atoms. The summed E-state index contributed by atoms with van der Waals surface area (Å²) in [5.74, 6) is 0.313. The highest BCUT2D eigenvalue weighted by Gasteiger charge is 2.15. The monoisotopic (exact) mass is 182 g/mol. The molecule has 0 aliphatic heterocycles. The molecule has 1 heterocycles. The molecular formula is C9H14N2O2. The average Bonchev–Trinajstić information content (AvgIpc) is 2.56. The van der Waals surface area contributed by atoms with Gasteiger partial charge in [-0.05, 0) is 5.92 Å². The van der Waals surface area contributed by atoms with Crippen LogP contribution in [0, 0.1) is 5.92 Å². The van der Waals surface area contributed by atoms with Crippen LogP contribution in [-0.4, -0.2) is 22.5 Å². The predicted octanol–water partition coefficient (Wildman–Crippen LogP) is 1.15. The van der Waals surface area contributed by atoms with Gasteiger partial charge >= 0.3 is 0 Å². The summed E-state index contributed by atoms with van der Waals surface area (Å²) in [6, 6.07) is 0. The molecule has 1 atom stereocenters. The Labute approximate surface area is 77.3 Å². The third-order valence-electron chi connectivity index (χ3n) is 1.95. The Hall–Kier alpha value is -1.32. The normalized spacial score (nSPS) is 12.8. The van der Waals surface area contributed by atoms with Gasteiger partial charge in [-0.3, -0.25) is 4.79 Å². The molecule has 72 valence electrons. The number of carbonyl (C=O) groups is 1. The lowest BCUT2D eigenvalue weighted by molar-refractivity contribution is -0.135. The lowest BCUT2D eigenvalue weighted by atomic mass is 10.0. The molecule has 0 aromatic carbocycles. The first-order valence-corrected chi connectivity index (χ1v) is 4.30. The maximum Gasteiger partial charge on any atom is 0.293 e. The summed E-state index contributed by atoms with van der Waals surface area (Å²) < 4.78 is 4.95. The number of hydrogen-bond donors (Lipinski definition) is 1. The van der Waals surface area contributed by atoms with Crippen LogP contribution in [0.3, 0.4) is 0 Å². The fourth-order valence-corrected chi connectivity index (χ4v) is 1.13. The molecule has 0 radical (unpaired) electrons. The van der Waals surface area contributed by atoms with Crippen LogP contribution in [-0.2, 0) is 16.0 Å². The Morgan fingerprint density at radius 2 is 2.46 bits per heavy atom. The molecule has 0 amide bonds. The standard InChI is InChI=1S/C9H14N2O2/c1-7(2)9(13-6-12)3-8-4-10-5-11-8/h4-7,9H,3H2,1-2H3,(H,10,11). The van der Waals surface area contributed by atoms with E-state index < -0.39 is 0 Å². The molecule has 0 aliphatic carbocycles. The second kappa shape index (κ2) is 4.64. The Bertz CT molecular complexity index is 244. The zero-order chi connectivity index (χ0) is 9.68. The summed E-state index contributed by atoms with van der Waals surface area (Å²) in [7, 11) is 0. The zero-order valence-electron chi connectivity index (χ0n) is 7.86. The summed E-state index contributed by atoms with van der Waals surface area (Å²) in [5.41, 5.74) is 0.987. The molecule has 1 rings (SSSR count). The summed E-state index contributed by atoms with van der Waals surface area (Å²) in [5, 5.41) is 0. The predicted molar refractivity (Wildman–Crippen MR) is 48.1 cm³/mol. The number of imidazole rings is 1. The van der Waals surface area contributed by atoms with Crippen molar-refractivity contribution in [3.05, 3.63) is 18.2 Å². The van der Waals surface area contributed by atoms with Gasteiger partial charge in [-0.1, -0.05) is 13.8 Å². The fourth-order valence-electron chi connectivity index (χ4n) is 1.13. The van der Waals surface area contributed by atoms with E-state index in [-0.39, 0.29) is 6.10 Å². The smallest absolute Gasteiger partial charge is 0.293 e. The molecule has 1 aromatic heterocycles. The van der Waals surface area contributed by atoms with Crippen molar-refractivity contribution in [2.45, 2.75) is 26.4 Å². The van der Waals surface area contributed by atoms with E-state index in [9.17, 15) is 4.79 Å². The fraction of sp³-hybridized carbons (Fsp3) is 0.556. The van der Waals surface area contributed by atoms with Gasteiger partial charge in [0.15, 0.2) is 0 Å². The molecule has 4 nitrogen and oxygen atoms in total. The first kappa shape index (κ1) is 9.77. The Kier molecular flexibility index (Phi) is 3.49. The molecule has 1 aromatic rings. The molecule has 0 aliphatic rings. The van der Waals surface area contributed by atoms with Gasteiger partial charge in [0, 0.05) is 18.3 Å². The van der Waals surface area contributed by atoms with Crippen molar-refractivity contribution in [1.29, 1.82) is 0 Å². The number of rotatable bonds is 5. The van der Waals surface area contributed by atoms with Crippen LogP contribution in [0.5, 0.6) is 0 Å². The molecule has 13 heavy (non-hydrogen) atoms. The van der Waals surface area contributed by atoms with Crippen LogP contribution in [0.4, 0.5) is 0 Å². The number of aromatic amines is 1. The Morgan fingerprint density at radius 1 is 1.69 bits per heavy atom. The minimum atomic E-state index is -0.0713. The molecule has 0 saturated heterocycles. The topological polar surface area (TPSA) is 55.0 Å². The van der Waals surface area contributed by atoms with E-state index in [2.05, 4.69) is 9.97 Å². The summed E-state index contributed by atoms with van der Waals surface area (Å²) in [4.78, 5) is 17.1.